The van der Waals surface area contributed by atoms with Crippen molar-refractivity contribution in [2.45, 2.75) is 19.0 Å². The number of benzene rings is 1. The summed E-state index contributed by atoms with van der Waals surface area (Å²) in [5.41, 5.74) is 1.37. The molecule has 3 aromatic rings. The summed E-state index contributed by atoms with van der Waals surface area (Å²) in [5.74, 6) is -0.286. The minimum atomic E-state index is -0.286. The summed E-state index contributed by atoms with van der Waals surface area (Å²) in [4.78, 5) is 8.70. The molecule has 0 bridgehead atoms. The molecule has 3 nitrogen and oxygen atoms in total. The average Bonchev–Trinajstić information content (AvgIpc) is 3.19. The number of aromatic nitrogens is 1. The van der Waals surface area contributed by atoms with Crippen molar-refractivity contribution in [2.75, 3.05) is 4.90 Å². The number of thiocarbonyl (C=S) groups is 1. The molecule has 2 aromatic heterocycles. The third-order valence-corrected chi connectivity index (χ3v) is 5.65. The standard InChI is InChI=1S/C19H16FN3S2/c1-12-9-10-16(25-12)18-17(14-7-4-5-11-21-14)22-19(24)23(18)15-8-3-2-6-13(15)20/h2-11,17-18H,1H3,(H,22,24)/t17-,18+/m1/s1. The lowest BCUT2D eigenvalue weighted by Gasteiger charge is -2.27. The van der Waals surface area contributed by atoms with Crippen molar-refractivity contribution in [1.82, 2.24) is 10.3 Å². The summed E-state index contributed by atoms with van der Waals surface area (Å²) in [6.45, 7) is 2.07. The number of nitrogens with zero attached hydrogens (tertiary/aromatic N) is 2. The Labute approximate surface area is 155 Å². The fourth-order valence-corrected chi connectivity index (χ4v) is 4.51. The fourth-order valence-electron chi connectivity index (χ4n) is 3.16. The van der Waals surface area contributed by atoms with Gasteiger partial charge in [-0.05, 0) is 55.5 Å². The second-order valence-corrected chi connectivity index (χ2v) is 7.60. The fraction of sp³-hybridized carbons (Fsp3) is 0.158. The first kappa shape index (κ1) is 16.2. The molecule has 1 saturated heterocycles. The van der Waals surface area contributed by atoms with Crippen molar-refractivity contribution in [3.05, 3.63) is 82.1 Å². The van der Waals surface area contributed by atoms with Crippen LogP contribution in [0.1, 0.15) is 27.5 Å². The number of pyridine rings is 1. The van der Waals surface area contributed by atoms with Crippen LogP contribution in [0.4, 0.5) is 10.1 Å². The first-order valence-electron chi connectivity index (χ1n) is 7.96. The molecule has 0 saturated carbocycles. The highest BCUT2D eigenvalue weighted by Crippen LogP contribution is 2.44. The third-order valence-electron chi connectivity index (χ3n) is 4.26. The summed E-state index contributed by atoms with van der Waals surface area (Å²) >= 11 is 7.27. The number of thiophene rings is 1. The van der Waals surface area contributed by atoms with Crippen LogP contribution in [-0.2, 0) is 0 Å². The number of halogens is 1. The number of nitrogens with one attached hydrogen (secondary N) is 1. The smallest absolute Gasteiger partial charge is 0.174 e. The highest BCUT2D eigenvalue weighted by Gasteiger charge is 2.42. The van der Waals surface area contributed by atoms with Gasteiger partial charge in [0, 0.05) is 16.0 Å². The van der Waals surface area contributed by atoms with Crippen LogP contribution in [0.25, 0.3) is 0 Å². The van der Waals surface area contributed by atoms with Gasteiger partial charge in [-0.15, -0.1) is 11.3 Å². The van der Waals surface area contributed by atoms with E-state index in [1.807, 2.05) is 29.2 Å². The van der Waals surface area contributed by atoms with Crippen molar-refractivity contribution < 1.29 is 4.39 Å². The van der Waals surface area contributed by atoms with Gasteiger partial charge in [0.1, 0.15) is 5.82 Å². The number of anilines is 1. The minimum Gasteiger partial charge on any atom is -0.351 e. The number of aryl methyl sites for hydroxylation is 1. The quantitative estimate of drug-likeness (QED) is 0.673. The van der Waals surface area contributed by atoms with Crippen molar-refractivity contribution in [3.8, 4) is 0 Å². The number of rotatable bonds is 3. The monoisotopic (exact) mass is 369 g/mol. The highest BCUT2D eigenvalue weighted by molar-refractivity contribution is 7.80. The van der Waals surface area contributed by atoms with E-state index in [9.17, 15) is 4.39 Å². The van der Waals surface area contributed by atoms with Crippen molar-refractivity contribution in [2.24, 2.45) is 0 Å². The largest absolute Gasteiger partial charge is 0.351 e. The lowest BCUT2D eigenvalue weighted by Crippen LogP contribution is -2.29. The zero-order chi connectivity index (χ0) is 17.4. The lowest BCUT2D eigenvalue weighted by atomic mass is 10.0. The Morgan fingerprint density at radius 2 is 1.92 bits per heavy atom. The molecule has 1 N–H and O–H groups in total. The van der Waals surface area contributed by atoms with Gasteiger partial charge < -0.3 is 10.2 Å². The molecule has 6 heteroatoms. The SMILES string of the molecule is Cc1ccc([C@H]2[C@@H](c3ccccn3)NC(=S)N2c2ccccc2F)s1. The Morgan fingerprint density at radius 3 is 2.60 bits per heavy atom. The molecule has 25 heavy (non-hydrogen) atoms. The van der Waals surface area contributed by atoms with Crippen molar-refractivity contribution in [1.29, 1.82) is 0 Å². The van der Waals surface area contributed by atoms with Gasteiger partial charge in [-0.2, -0.15) is 0 Å². The summed E-state index contributed by atoms with van der Waals surface area (Å²) in [7, 11) is 0. The molecule has 1 aliphatic heterocycles. The van der Waals surface area contributed by atoms with Crippen LogP contribution in [0.15, 0.2) is 60.8 Å². The van der Waals surface area contributed by atoms with Crippen LogP contribution >= 0.6 is 23.6 Å². The maximum atomic E-state index is 14.5. The molecule has 4 rings (SSSR count). The second-order valence-electron chi connectivity index (χ2n) is 5.90. The Morgan fingerprint density at radius 1 is 1.12 bits per heavy atom. The summed E-state index contributed by atoms with van der Waals surface area (Å²) in [6, 6.07) is 16.4. The summed E-state index contributed by atoms with van der Waals surface area (Å²) in [6.07, 6.45) is 1.77. The van der Waals surface area contributed by atoms with Gasteiger partial charge in [-0.1, -0.05) is 18.2 Å². The van der Waals surface area contributed by atoms with Crippen LogP contribution in [-0.4, -0.2) is 10.1 Å². The van der Waals surface area contributed by atoms with Crippen LogP contribution < -0.4 is 10.2 Å². The Bertz CT molecular complexity index is 910. The zero-order valence-corrected chi connectivity index (χ0v) is 15.2. The van der Waals surface area contributed by atoms with E-state index >= 15 is 0 Å². The first-order valence-corrected chi connectivity index (χ1v) is 9.19. The normalized spacial score (nSPS) is 19.9. The van der Waals surface area contributed by atoms with E-state index in [4.69, 9.17) is 12.2 Å². The molecule has 0 radical (unpaired) electrons. The van der Waals surface area contributed by atoms with E-state index in [-0.39, 0.29) is 17.9 Å². The number of para-hydroxylation sites is 1. The summed E-state index contributed by atoms with van der Waals surface area (Å²) in [5, 5.41) is 3.85. The Balaban J connectivity index is 1.85. The maximum absolute atomic E-state index is 14.5. The topological polar surface area (TPSA) is 28.2 Å². The number of hydrogen-bond acceptors (Lipinski definition) is 3. The minimum absolute atomic E-state index is 0.133. The molecule has 3 heterocycles. The molecule has 1 aliphatic rings. The van der Waals surface area contributed by atoms with E-state index in [0.717, 1.165) is 10.6 Å². The van der Waals surface area contributed by atoms with Crippen molar-refractivity contribution in [3.63, 3.8) is 0 Å². The molecule has 0 aliphatic carbocycles. The third kappa shape index (κ3) is 2.92. The predicted molar refractivity (Wildman–Crippen MR) is 103 cm³/mol. The van der Waals surface area contributed by atoms with Crippen molar-refractivity contribution >= 4 is 34.4 Å². The first-order chi connectivity index (χ1) is 12.1. The zero-order valence-electron chi connectivity index (χ0n) is 13.5. The van der Waals surface area contributed by atoms with E-state index in [1.54, 1.807) is 29.7 Å². The number of hydrogen-bond donors (Lipinski definition) is 1. The molecule has 0 unspecified atom stereocenters. The van der Waals surface area contributed by atoms with Gasteiger partial charge >= 0.3 is 0 Å². The predicted octanol–water partition coefficient (Wildman–Crippen LogP) is 4.77. The van der Waals surface area contributed by atoms with E-state index in [0.29, 0.717) is 10.8 Å². The van der Waals surface area contributed by atoms with Crippen LogP contribution in [0.5, 0.6) is 0 Å². The van der Waals surface area contributed by atoms with Crippen LogP contribution in [0, 0.1) is 12.7 Å². The van der Waals surface area contributed by atoms with E-state index in [1.165, 1.54) is 10.9 Å². The van der Waals surface area contributed by atoms with Gasteiger partial charge in [0.15, 0.2) is 5.11 Å². The average molecular weight is 369 g/mol. The Kier molecular flexibility index (Phi) is 4.23. The van der Waals surface area contributed by atoms with Gasteiger partial charge in [0.2, 0.25) is 0 Å². The van der Waals surface area contributed by atoms with Gasteiger partial charge in [-0.25, -0.2) is 4.39 Å². The van der Waals surface area contributed by atoms with Gasteiger partial charge in [0.05, 0.1) is 23.5 Å². The van der Waals surface area contributed by atoms with Gasteiger partial charge in [-0.3, -0.25) is 4.98 Å². The molecule has 1 fully saturated rings. The molecular weight excluding hydrogens is 353 g/mol. The van der Waals surface area contributed by atoms with Crippen LogP contribution in [0.2, 0.25) is 0 Å². The molecular formula is C19H16FN3S2. The molecule has 0 spiro atoms. The molecule has 126 valence electrons. The van der Waals surface area contributed by atoms with E-state index in [2.05, 4.69) is 29.4 Å². The molecule has 1 aromatic carbocycles. The second kappa shape index (κ2) is 6.54. The molecule has 0 amide bonds. The van der Waals surface area contributed by atoms with Crippen LogP contribution in [0.3, 0.4) is 0 Å². The highest BCUT2D eigenvalue weighted by atomic mass is 32.1. The van der Waals surface area contributed by atoms with E-state index < -0.39 is 0 Å². The molecule has 2 atom stereocenters. The summed E-state index contributed by atoms with van der Waals surface area (Å²) < 4.78 is 14.5. The Hall–Kier alpha value is -2.31. The van der Waals surface area contributed by atoms with Gasteiger partial charge in [0.25, 0.3) is 0 Å². The maximum Gasteiger partial charge on any atom is 0.174 e. The lowest BCUT2D eigenvalue weighted by molar-refractivity contribution is 0.565.